The Bertz CT molecular complexity index is 1400. The first kappa shape index (κ1) is 32.0. The Labute approximate surface area is 261 Å². The molecule has 234 valence electrons. The zero-order valence-electron chi connectivity index (χ0n) is 26.5. The average molecular weight is 619 g/mol. The molecule has 3 aromatic rings. The maximum atomic E-state index is 14.6. The van der Waals surface area contributed by atoms with E-state index in [0.717, 1.165) is 0 Å². The number of aromatic nitrogens is 3. The van der Waals surface area contributed by atoms with E-state index < -0.39 is 32.2 Å². The van der Waals surface area contributed by atoms with Crippen molar-refractivity contribution < 1.29 is 18.3 Å². The number of halogens is 1. The van der Waals surface area contributed by atoms with Crippen molar-refractivity contribution in [3.05, 3.63) is 66.5 Å². The van der Waals surface area contributed by atoms with Crippen LogP contribution in [-0.2, 0) is 9.16 Å². The van der Waals surface area contributed by atoms with Gasteiger partial charge in [-0.1, -0.05) is 81.4 Å². The van der Waals surface area contributed by atoms with E-state index in [4.69, 9.17) is 13.9 Å². The molecule has 0 aliphatic carbocycles. The molecule has 2 aliphatic heterocycles. The van der Waals surface area contributed by atoms with Crippen molar-refractivity contribution in [2.45, 2.75) is 70.0 Å². The normalized spacial score (nSPS) is 24.0. The standard InChI is InChI=1S/C33H43FN6O3Si/c1-24(29-27(34)17-18-39(29)6)42-31-37-28(21-35)36-30(38-31)40-19-20-41-23-33(5,22-40)43-44(32(2,3)4,25-13-9-7-10-14-25)26-15-11-8-12-16-26/h7-16,24,27,29H,17-20,22-23H2,1-6H3/t24?,27-,29-,33+/m1/s1. The molecule has 3 heterocycles. The summed E-state index contributed by atoms with van der Waals surface area (Å²) >= 11 is 0. The van der Waals surface area contributed by atoms with Gasteiger partial charge in [-0.25, -0.2) is 4.39 Å². The number of likely N-dealkylation sites (N-methyl/N-ethyl adjacent to an activating group) is 1. The van der Waals surface area contributed by atoms with Gasteiger partial charge in [-0.05, 0) is 42.7 Å². The molecule has 11 heteroatoms. The van der Waals surface area contributed by atoms with Crippen molar-refractivity contribution in [3.63, 3.8) is 0 Å². The first-order valence-electron chi connectivity index (χ1n) is 15.3. The quantitative estimate of drug-likeness (QED) is 0.350. The molecule has 4 atom stereocenters. The SMILES string of the molecule is CC(Oc1nc(C#N)nc(N2CCOC[C@@](C)(O[Si](c3ccccc3)(c3ccccc3)C(C)(C)C)C2)n1)[C@@H]1[C@H](F)CCN1C. The molecule has 0 bridgehead atoms. The molecule has 44 heavy (non-hydrogen) atoms. The van der Waals surface area contributed by atoms with E-state index >= 15 is 0 Å². The fourth-order valence-electron chi connectivity index (χ4n) is 6.64. The lowest BCUT2D eigenvalue weighted by Crippen LogP contribution is -2.70. The third kappa shape index (κ3) is 6.49. The fourth-order valence-corrected chi connectivity index (χ4v) is 11.4. The van der Waals surface area contributed by atoms with E-state index in [1.54, 1.807) is 0 Å². The summed E-state index contributed by atoms with van der Waals surface area (Å²) in [6.07, 6.45) is -1.07. The molecule has 0 N–H and O–H groups in total. The predicted molar refractivity (Wildman–Crippen MR) is 171 cm³/mol. The number of nitrogens with zero attached hydrogens (tertiary/aromatic N) is 6. The minimum Gasteiger partial charge on any atom is -0.459 e. The van der Waals surface area contributed by atoms with E-state index in [0.29, 0.717) is 45.2 Å². The largest absolute Gasteiger partial charge is 0.459 e. The summed E-state index contributed by atoms with van der Waals surface area (Å²) in [4.78, 5) is 17.2. The van der Waals surface area contributed by atoms with Crippen LogP contribution in [0.2, 0.25) is 5.04 Å². The van der Waals surface area contributed by atoms with Gasteiger partial charge in [-0.2, -0.15) is 20.2 Å². The van der Waals surface area contributed by atoms with Gasteiger partial charge in [-0.15, -0.1) is 0 Å². The Hall–Kier alpha value is -3.43. The van der Waals surface area contributed by atoms with E-state index in [2.05, 4.69) is 91.2 Å². The Balaban J connectivity index is 1.50. The summed E-state index contributed by atoms with van der Waals surface area (Å²) in [5, 5.41) is 11.9. The lowest BCUT2D eigenvalue weighted by molar-refractivity contribution is -0.000406. The maximum Gasteiger partial charge on any atom is 0.322 e. The minimum atomic E-state index is -2.92. The molecule has 2 aliphatic rings. The van der Waals surface area contributed by atoms with Crippen LogP contribution in [0.5, 0.6) is 6.01 Å². The van der Waals surface area contributed by atoms with Crippen molar-refractivity contribution in [2.24, 2.45) is 0 Å². The van der Waals surface area contributed by atoms with Gasteiger partial charge in [0.25, 0.3) is 8.32 Å². The Morgan fingerprint density at radius 3 is 2.23 bits per heavy atom. The van der Waals surface area contributed by atoms with E-state index in [-0.39, 0.29) is 16.9 Å². The van der Waals surface area contributed by atoms with Crippen LogP contribution >= 0.6 is 0 Å². The van der Waals surface area contributed by atoms with Gasteiger partial charge >= 0.3 is 6.01 Å². The molecule has 0 saturated carbocycles. The minimum absolute atomic E-state index is 0.00585. The number of likely N-dealkylation sites (tertiary alicyclic amines) is 1. The van der Waals surface area contributed by atoms with Crippen molar-refractivity contribution in [1.82, 2.24) is 19.9 Å². The van der Waals surface area contributed by atoms with Crippen LogP contribution in [0, 0.1) is 11.3 Å². The van der Waals surface area contributed by atoms with Gasteiger partial charge in [0.1, 0.15) is 18.3 Å². The van der Waals surface area contributed by atoms with Gasteiger partial charge in [0.05, 0.1) is 31.4 Å². The van der Waals surface area contributed by atoms with Crippen LogP contribution in [0.15, 0.2) is 60.7 Å². The molecule has 0 amide bonds. The van der Waals surface area contributed by atoms with Gasteiger partial charge < -0.3 is 18.8 Å². The van der Waals surface area contributed by atoms with Crippen molar-refractivity contribution in [3.8, 4) is 12.1 Å². The zero-order chi connectivity index (χ0) is 31.5. The second kappa shape index (κ2) is 12.9. The lowest BCUT2D eigenvalue weighted by atomic mass is 10.1. The van der Waals surface area contributed by atoms with Crippen molar-refractivity contribution in [1.29, 1.82) is 5.26 Å². The molecule has 0 radical (unpaired) electrons. The maximum absolute atomic E-state index is 14.6. The van der Waals surface area contributed by atoms with E-state index in [9.17, 15) is 9.65 Å². The van der Waals surface area contributed by atoms with Crippen LogP contribution in [0.25, 0.3) is 0 Å². The number of anilines is 1. The Morgan fingerprint density at radius 1 is 1.05 bits per heavy atom. The van der Waals surface area contributed by atoms with Crippen LogP contribution in [0.1, 0.15) is 46.9 Å². The molecule has 9 nitrogen and oxygen atoms in total. The van der Waals surface area contributed by atoms with Crippen LogP contribution in [0.3, 0.4) is 0 Å². The predicted octanol–water partition coefficient (Wildman–Crippen LogP) is 3.72. The molecule has 0 spiro atoms. The molecule has 1 aromatic heterocycles. The number of rotatable bonds is 8. The van der Waals surface area contributed by atoms with Crippen LogP contribution in [-0.4, -0.2) is 92.0 Å². The number of alkyl halides is 1. The van der Waals surface area contributed by atoms with Crippen molar-refractivity contribution in [2.75, 3.05) is 44.8 Å². The Morgan fingerprint density at radius 2 is 1.68 bits per heavy atom. The summed E-state index contributed by atoms with van der Waals surface area (Å²) in [5.74, 6) is 0.242. The molecule has 5 rings (SSSR count). The second-order valence-corrected chi connectivity index (χ2v) is 17.4. The Kier molecular flexibility index (Phi) is 9.37. The molecular weight excluding hydrogens is 575 g/mol. The highest BCUT2D eigenvalue weighted by Crippen LogP contribution is 2.40. The molecule has 2 aromatic carbocycles. The van der Waals surface area contributed by atoms with Gasteiger partial charge in [0.15, 0.2) is 0 Å². The highest BCUT2D eigenvalue weighted by atomic mass is 28.4. The smallest absolute Gasteiger partial charge is 0.322 e. The molecule has 2 fully saturated rings. The summed E-state index contributed by atoms with van der Waals surface area (Å²) in [7, 11) is -1.04. The molecule has 2 saturated heterocycles. The number of hydrogen-bond donors (Lipinski definition) is 0. The van der Waals surface area contributed by atoms with Crippen molar-refractivity contribution >= 4 is 24.6 Å². The summed E-state index contributed by atoms with van der Waals surface area (Å²) in [5.41, 5.74) is -0.760. The van der Waals surface area contributed by atoms with E-state index in [1.807, 2.05) is 42.0 Å². The first-order chi connectivity index (χ1) is 21.0. The number of benzene rings is 2. The highest BCUT2D eigenvalue weighted by molar-refractivity contribution is 6.99. The molecule has 1 unspecified atom stereocenters. The highest BCUT2D eigenvalue weighted by Gasteiger charge is 2.54. The topological polar surface area (TPSA) is 96.6 Å². The van der Waals surface area contributed by atoms with Gasteiger partial charge in [-0.3, -0.25) is 4.90 Å². The lowest BCUT2D eigenvalue weighted by Gasteiger charge is -2.48. The molecular formula is C33H43FN6O3Si. The zero-order valence-corrected chi connectivity index (χ0v) is 27.5. The monoisotopic (exact) mass is 618 g/mol. The third-order valence-electron chi connectivity index (χ3n) is 8.65. The van der Waals surface area contributed by atoms with Gasteiger partial charge in [0, 0.05) is 13.1 Å². The number of hydrogen-bond acceptors (Lipinski definition) is 9. The summed E-state index contributed by atoms with van der Waals surface area (Å²) < 4.78 is 34.4. The van der Waals surface area contributed by atoms with Crippen LogP contribution < -0.4 is 20.0 Å². The van der Waals surface area contributed by atoms with Gasteiger partial charge in [0.2, 0.25) is 11.8 Å². The summed E-state index contributed by atoms with van der Waals surface area (Å²) in [6, 6.07) is 22.6. The summed E-state index contributed by atoms with van der Waals surface area (Å²) in [6.45, 7) is 13.0. The fraction of sp³-hybridized carbons (Fsp3) is 0.515. The van der Waals surface area contributed by atoms with Crippen LogP contribution in [0.4, 0.5) is 10.3 Å². The number of ether oxygens (including phenoxy) is 2. The third-order valence-corrected chi connectivity index (χ3v) is 13.9. The van der Waals surface area contributed by atoms with E-state index in [1.165, 1.54) is 10.4 Å². The average Bonchev–Trinajstić information content (AvgIpc) is 3.22. The second-order valence-electron chi connectivity index (χ2n) is 13.1. The first-order valence-corrected chi connectivity index (χ1v) is 17.2. The number of nitriles is 1.